The molecule has 1 amide bonds. The van der Waals surface area contributed by atoms with Crippen molar-refractivity contribution in [3.63, 3.8) is 0 Å². The topological polar surface area (TPSA) is 55.4 Å². The molecule has 0 aliphatic heterocycles. The molecule has 0 saturated heterocycles. The molecule has 120 valence electrons. The third-order valence-corrected chi connectivity index (χ3v) is 3.40. The summed E-state index contributed by atoms with van der Waals surface area (Å²) in [5.74, 6) is -0.866. The zero-order chi connectivity index (χ0) is 16.9. The van der Waals surface area contributed by atoms with Crippen LogP contribution in [-0.2, 0) is 14.3 Å². The SMILES string of the molecule is Cc1ccc(/C=C/C(=O)O[C@H](C)C(=O)NC(C)(C)C)c(Br)c1. The van der Waals surface area contributed by atoms with Gasteiger partial charge in [-0.25, -0.2) is 4.79 Å². The van der Waals surface area contributed by atoms with Crippen molar-refractivity contribution in [2.24, 2.45) is 0 Å². The van der Waals surface area contributed by atoms with Crippen LogP contribution in [0.25, 0.3) is 6.08 Å². The van der Waals surface area contributed by atoms with Gasteiger partial charge in [-0.2, -0.15) is 0 Å². The molecule has 0 heterocycles. The summed E-state index contributed by atoms with van der Waals surface area (Å²) >= 11 is 3.44. The fourth-order valence-electron chi connectivity index (χ4n) is 1.66. The van der Waals surface area contributed by atoms with Gasteiger partial charge in [0.15, 0.2) is 6.10 Å². The first kappa shape index (κ1) is 18.4. The van der Waals surface area contributed by atoms with Crippen LogP contribution in [0.15, 0.2) is 28.7 Å². The standard InChI is InChI=1S/C17H22BrNO3/c1-11-6-7-13(14(18)10-11)8-9-15(20)22-12(2)16(21)19-17(3,4)5/h6-10,12H,1-5H3,(H,19,21)/b9-8+/t12-/m1/s1. The maximum Gasteiger partial charge on any atom is 0.331 e. The van der Waals surface area contributed by atoms with Gasteiger partial charge in [0.05, 0.1) is 0 Å². The van der Waals surface area contributed by atoms with E-state index >= 15 is 0 Å². The lowest BCUT2D eigenvalue weighted by Crippen LogP contribution is -2.46. The summed E-state index contributed by atoms with van der Waals surface area (Å²) in [7, 11) is 0. The lowest BCUT2D eigenvalue weighted by molar-refractivity contribution is -0.150. The Kier molecular flexibility index (Phi) is 6.35. The third-order valence-electron chi connectivity index (χ3n) is 2.72. The van der Waals surface area contributed by atoms with Crippen molar-refractivity contribution in [2.75, 3.05) is 0 Å². The van der Waals surface area contributed by atoms with E-state index in [0.717, 1.165) is 15.6 Å². The van der Waals surface area contributed by atoms with Crippen LogP contribution in [0.3, 0.4) is 0 Å². The molecule has 0 spiro atoms. The maximum absolute atomic E-state index is 11.8. The fourth-order valence-corrected chi connectivity index (χ4v) is 2.29. The van der Waals surface area contributed by atoms with E-state index in [0.29, 0.717) is 0 Å². The van der Waals surface area contributed by atoms with Crippen LogP contribution in [0.2, 0.25) is 0 Å². The average Bonchev–Trinajstić information content (AvgIpc) is 2.35. The zero-order valence-corrected chi connectivity index (χ0v) is 15.2. The quantitative estimate of drug-likeness (QED) is 0.653. The van der Waals surface area contributed by atoms with Gasteiger partial charge in [0, 0.05) is 16.1 Å². The summed E-state index contributed by atoms with van der Waals surface area (Å²) < 4.78 is 5.99. The van der Waals surface area contributed by atoms with E-state index in [1.807, 2.05) is 45.9 Å². The fraction of sp³-hybridized carbons (Fsp3) is 0.412. The van der Waals surface area contributed by atoms with E-state index in [1.54, 1.807) is 13.0 Å². The Bertz CT molecular complexity index is 588. The number of benzene rings is 1. The van der Waals surface area contributed by atoms with Crippen LogP contribution in [-0.4, -0.2) is 23.5 Å². The van der Waals surface area contributed by atoms with E-state index in [2.05, 4.69) is 21.2 Å². The number of ether oxygens (including phenoxy) is 1. The smallest absolute Gasteiger partial charge is 0.331 e. The molecule has 22 heavy (non-hydrogen) atoms. The highest BCUT2D eigenvalue weighted by Gasteiger charge is 2.21. The van der Waals surface area contributed by atoms with Gasteiger partial charge in [-0.1, -0.05) is 28.1 Å². The number of amides is 1. The van der Waals surface area contributed by atoms with Crippen molar-refractivity contribution in [2.45, 2.75) is 46.3 Å². The van der Waals surface area contributed by atoms with Gasteiger partial charge >= 0.3 is 5.97 Å². The molecular formula is C17H22BrNO3. The lowest BCUT2D eigenvalue weighted by Gasteiger charge is -2.22. The molecule has 0 fully saturated rings. The Hall–Kier alpha value is -1.62. The lowest BCUT2D eigenvalue weighted by atomic mass is 10.1. The summed E-state index contributed by atoms with van der Waals surface area (Å²) in [6.07, 6.45) is 2.13. The van der Waals surface area contributed by atoms with Crippen molar-refractivity contribution in [3.8, 4) is 0 Å². The molecule has 1 aromatic rings. The van der Waals surface area contributed by atoms with E-state index in [1.165, 1.54) is 6.08 Å². The third kappa shape index (κ3) is 6.43. The van der Waals surface area contributed by atoms with Crippen LogP contribution >= 0.6 is 15.9 Å². The van der Waals surface area contributed by atoms with Gasteiger partial charge in [-0.15, -0.1) is 0 Å². The molecule has 4 nitrogen and oxygen atoms in total. The molecule has 0 unspecified atom stereocenters. The van der Waals surface area contributed by atoms with Crippen LogP contribution in [0, 0.1) is 6.92 Å². The molecule has 0 aliphatic carbocycles. The molecule has 0 saturated carbocycles. The molecule has 1 atom stereocenters. The summed E-state index contributed by atoms with van der Waals surface area (Å²) in [5, 5.41) is 2.77. The molecule has 1 aromatic carbocycles. The molecule has 0 aromatic heterocycles. The highest BCUT2D eigenvalue weighted by Crippen LogP contribution is 2.19. The Morgan fingerprint density at radius 2 is 1.95 bits per heavy atom. The van der Waals surface area contributed by atoms with Crippen molar-refractivity contribution in [1.82, 2.24) is 5.32 Å². The number of nitrogens with one attached hydrogen (secondary N) is 1. The predicted octanol–water partition coefficient (Wildman–Crippen LogP) is 3.62. The Morgan fingerprint density at radius 1 is 1.32 bits per heavy atom. The van der Waals surface area contributed by atoms with Gasteiger partial charge in [-0.3, -0.25) is 4.79 Å². The summed E-state index contributed by atoms with van der Waals surface area (Å²) in [6.45, 7) is 9.15. The zero-order valence-electron chi connectivity index (χ0n) is 13.6. The largest absolute Gasteiger partial charge is 0.449 e. The second-order valence-corrected chi connectivity index (χ2v) is 7.03. The first-order valence-electron chi connectivity index (χ1n) is 7.05. The highest BCUT2D eigenvalue weighted by atomic mass is 79.9. The normalized spacial score (nSPS) is 13.0. The number of halogens is 1. The van der Waals surface area contributed by atoms with Crippen LogP contribution in [0.1, 0.15) is 38.8 Å². The minimum Gasteiger partial charge on any atom is -0.449 e. The van der Waals surface area contributed by atoms with E-state index < -0.39 is 12.1 Å². The number of aryl methyl sites for hydroxylation is 1. The highest BCUT2D eigenvalue weighted by molar-refractivity contribution is 9.10. The van der Waals surface area contributed by atoms with Gasteiger partial charge in [-0.05, 0) is 57.9 Å². The van der Waals surface area contributed by atoms with Crippen LogP contribution in [0.4, 0.5) is 0 Å². The molecule has 0 aliphatic rings. The Morgan fingerprint density at radius 3 is 2.50 bits per heavy atom. The first-order chi connectivity index (χ1) is 10.1. The van der Waals surface area contributed by atoms with Gasteiger partial charge in [0.25, 0.3) is 5.91 Å². The number of hydrogen-bond donors (Lipinski definition) is 1. The van der Waals surface area contributed by atoms with Gasteiger partial charge in [0.1, 0.15) is 0 Å². The predicted molar refractivity (Wildman–Crippen MR) is 91.4 cm³/mol. The first-order valence-corrected chi connectivity index (χ1v) is 7.84. The second kappa shape index (κ2) is 7.58. The molecule has 1 N–H and O–H groups in total. The molecular weight excluding hydrogens is 346 g/mol. The Labute approximate surface area is 140 Å². The molecule has 0 radical (unpaired) electrons. The summed E-state index contributed by atoms with van der Waals surface area (Å²) in [5.41, 5.74) is 1.63. The number of rotatable bonds is 4. The van der Waals surface area contributed by atoms with Gasteiger partial charge in [0.2, 0.25) is 0 Å². The number of hydrogen-bond acceptors (Lipinski definition) is 3. The van der Waals surface area contributed by atoms with Gasteiger partial charge < -0.3 is 10.1 Å². The van der Waals surface area contributed by atoms with Crippen LogP contribution < -0.4 is 5.32 Å². The number of esters is 1. The maximum atomic E-state index is 11.8. The minimum absolute atomic E-state index is 0.314. The minimum atomic E-state index is -0.835. The van der Waals surface area contributed by atoms with Crippen LogP contribution in [0.5, 0.6) is 0 Å². The molecule has 1 rings (SSSR count). The summed E-state index contributed by atoms with van der Waals surface area (Å²) in [4.78, 5) is 23.6. The average molecular weight is 368 g/mol. The Balaban J connectivity index is 2.62. The molecule has 5 heteroatoms. The van der Waals surface area contributed by atoms with E-state index in [-0.39, 0.29) is 11.4 Å². The second-order valence-electron chi connectivity index (χ2n) is 6.18. The van der Waals surface area contributed by atoms with Crippen molar-refractivity contribution in [1.29, 1.82) is 0 Å². The van der Waals surface area contributed by atoms with Crippen molar-refractivity contribution < 1.29 is 14.3 Å². The van der Waals surface area contributed by atoms with E-state index in [9.17, 15) is 9.59 Å². The van der Waals surface area contributed by atoms with Crippen molar-refractivity contribution >= 4 is 33.9 Å². The monoisotopic (exact) mass is 367 g/mol. The number of carbonyl (C=O) groups is 2. The number of carbonyl (C=O) groups excluding carboxylic acids is 2. The van der Waals surface area contributed by atoms with E-state index in [4.69, 9.17) is 4.74 Å². The van der Waals surface area contributed by atoms with Crippen molar-refractivity contribution in [3.05, 3.63) is 39.9 Å². The molecule has 0 bridgehead atoms. The summed E-state index contributed by atoms with van der Waals surface area (Å²) in [6, 6.07) is 5.82.